The normalized spacial score (nSPS) is 11.8. The lowest BCUT2D eigenvalue weighted by molar-refractivity contribution is 0.101. The summed E-state index contributed by atoms with van der Waals surface area (Å²) in [6.45, 7) is 1.99. The number of rotatable bonds is 6. The molecule has 1 rings (SSSR count). The average Bonchev–Trinajstić information content (AvgIpc) is 2.29. The molecule has 0 saturated carbocycles. The van der Waals surface area contributed by atoms with Gasteiger partial charge in [0.05, 0.1) is 11.3 Å². The van der Waals surface area contributed by atoms with Gasteiger partial charge in [-0.15, -0.1) is 0 Å². The van der Waals surface area contributed by atoms with Gasteiger partial charge in [-0.3, -0.25) is 4.79 Å². The Labute approximate surface area is 124 Å². The van der Waals surface area contributed by atoms with Gasteiger partial charge >= 0.3 is 0 Å². The molecule has 1 aromatic rings. The first-order valence-corrected chi connectivity index (χ1v) is 8.42. The fraction of sp³-hybridized carbons (Fsp3) is 0.462. The molecule has 20 heavy (non-hydrogen) atoms. The van der Waals surface area contributed by atoms with Crippen molar-refractivity contribution < 1.29 is 18.3 Å². The van der Waals surface area contributed by atoms with Crippen molar-refractivity contribution in [2.45, 2.75) is 13.5 Å². The van der Waals surface area contributed by atoms with Crippen LogP contribution in [-0.2, 0) is 16.4 Å². The number of benzene rings is 1. The first-order chi connectivity index (χ1) is 9.10. The third-order valence-corrected chi connectivity index (χ3v) is 3.96. The topological polar surface area (TPSA) is 74.7 Å². The van der Waals surface area contributed by atoms with Crippen molar-refractivity contribution in [3.63, 3.8) is 0 Å². The molecule has 0 fully saturated rings. The summed E-state index contributed by atoms with van der Waals surface area (Å²) in [6, 6.07) is 2.99. The number of hydrogen-bond donors (Lipinski definition) is 1. The molecule has 0 atom stereocenters. The number of aromatic hydroxyl groups is 1. The Morgan fingerprint density at radius 2 is 2.00 bits per heavy atom. The smallest absolute Gasteiger partial charge is 0.163 e. The first-order valence-electron chi connectivity index (χ1n) is 5.98. The summed E-state index contributed by atoms with van der Waals surface area (Å²) in [5.74, 6) is -0.345. The van der Waals surface area contributed by atoms with E-state index >= 15 is 0 Å². The number of halogens is 1. The van der Waals surface area contributed by atoms with E-state index in [0.717, 1.165) is 0 Å². The van der Waals surface area contributed by atoms with Crippen molar-refractivity contribution in [3.05, 3.63) is 28.3 Å². The molecule has 0 amide bonds. The monoisotopic (exact) mass is 319 g/mol. The number of Topliss-reactive ketones (excluding diaryl/α,β-unsaturated/α-hetero) is 1. The van der Waals surface area contributed by atoms with Gasteiger partial charge in [-0.25, -0.2) is 8.42 Å². The van der Waals surface area contributed by atoms with Crippen molar-refractivity contribution in [2.24, 2.45) is 0 Å². The van der Waals surface area contributed by atoms with E-state index < -0.39 is 9.84 Å². The van der Waals surface area contributed by atoms with Gasteiger partial charge in [0, 0.05) is 29.9 Å². The molecule has 7 heteroatoms. The Hall–Kier alpha value is -1.11. The van der Waals surface area contributed by atoms with Crippen LogP contribution in [-0.4, -0.2) is 49.8 Å². The predicted octanol–water partition coefficient (Wildman–Crippen LogP) is 1.72. The third-order valence-electron chi connectivity index (χ3n) is 2.82. The van der Waals surface area contributed by atoms with Crippen LogP contribution in [0, 0.1) is 0 Å². The summed E-state index contributed by atoms with van der Waals surface area (Å²) in [6.07, 6.45) is 1.17. The number of nitrogens with zero attached hydrogens (tertiary/aromatic N) is 1. The molecule has 1 aromatic carbocycles. The zero-order valence-electron chi connectivity index (χ0n) is 11.7. The molecule has 0 unspecified atom stereocenters. The standard InChI is InChI=1S/C13H18ClNO4S/c1-9(16)12-7-11(14)6-10(13(12)17)8-15(2)4-5-20(3,18)19/h6-7,17H,4-5,8H2,1-3H3. The highest BCUT2D eigenvalue weighted by atomic mass is 35.5. The summed E-state index contributed by atoms with van der Waals surface area (Å²) in [4.78, 5) is 13.1. The van der Waals surface area contributed by atoms with Crippen LogP contribution in [0.3, 0.4) is 0 Å². The van der Waals surface area contributed by atoms with Crippen molar-refractivity contribution in [3.8, 4) is 5.75 Å². The number of sulfone groups is 1. The maximum Gasteiger partial charge on any atom is 0.163 e. The molecule has 0 aliphatic heterocycles. The molecule has 112 valence electrons. The van der Waals surface area contributed by atoms with Gasteiger partial charge in [0.25, 0.3) is 0 Å². The zero-order chi connectivity index (χ0) is 15.5. The van der Waals surface area contributed by atoms with Crippen LogP contribution in [0.1, 0.15) is 22.8 Å². The van der Waals surface area contributed by atoms with Crippen LogP contribution in [0.15, 0.2) is 12.1 Å². The average molecular weight is 320 g/mol. The SMILES string of the molecule is CC(=O)c1cc(Cl)cc(CN(C)CCS(C)(=O)=O)c1O. The van der Waals surface area contributed by atoms with Crippen LogP contribution in [0.2, 0.25) is 5.02 Å². The minimum Gasteiger partial charge on any atom is -0.507 e. The van der Waals surface area contributed by atoms with E-state index in [2.05, 4.69) is 0 Å². The van der Waals surface area contributed by atoms with Crippen LogP contribution in [0.25, 0.3) is 0 Å². The van der Waals surface area contributed by atoms with Crippen molar-refractivity contribution in [2.75, 3.05) is 25.6 Å². The summed E-state index contributed by atoms with van der Waals surface area (Å²) < 4.78 is 22.2. The second kappa shape index (κ2) is 6.56. The summed E-state index contributed by atoms with van der Waals surface area (Å²) in [5, 5.41) is 10.4. The number of phenolic OH excluding ortho intramolecular Hbond substituents is 1. The van der Waals surface area contributed by atoms with Crippen molar-refractivity contribution in [1.82, 2.24) is 4.90 Å². The van der Waals surface area contributed by atoms with Gasteiger partial charge in [-0.2, -0.15) is 0 Å². The van der Waals surface area contributed by atoms with E-state index in [9.17, 15) is 18.3 Å². The van der Waals surface area contributed by atoms with E-state index in [1.54, 1.807) is 18.0 Å². The fourth-order valence-corrected chi connectivity index (χ4v) is 2.62. The van der Waals surface area contributed by atoms with Crippen molar-refractivity contribution in [1.29, 1.82) is 0 Å². The molecule has 0 bridgehead atoms. The lowest BCUT2D eigenvalue weighted by Gasteiger charge is -2.18. The second-order valence-corrected chi connectivity index (χ2v) is 7.58. The minimum atomic E-state index is -3.04. The highest BCUT2D eigenvalue weighted by Gasteiger charge is 2.15. The maximum atomic E-state index is 11.4. The molecule has 0 aliphatic carbocycles. The van der Waals surface area contributed by atoms with Crippen LogP contribution < -0.4 is 0 Å². The van der Waals surface area contributed by atoms with Gasteiger partial charge in [0.15, 0.2) is 5.78 Å². The summed E-state index contributed by atoms with van der Waals surface area (Å²) in [5.41, 5.74) is 0.669. The lowest BCUT2D eigenvalue weighted by Crippen LogP contribution is -2.25. The fourth-order valence-electron chi connectivity index (χ4n) is 1.74. The first kappa shape index (κ1) is 16.9. The maximum absolute atomic E-state index is 11.4. The summed E-state index contributed by atoms with van der Waals surface area (Å²) in [7, 11) is -1.30. The molecule has 0 spiro atoms. The van der Waals surface area contributed by atoms with E-state index in [0.29, 0.717) is 23.7 Å². The Morgan fingerprint density at radius 3 is 2.50 bits per heavy atom. The molecule has 0 aliphatic rings. The molecular formula is C13H18ClNO4S. The molecule has 0 radical (unpaired) electrons. The number of phenols is 1. The highest BCUT2D eigenvalue weighted by molar-refractivity contribution is 7.90. The molecule has 1 N–H and O–H groups in total. The minimum absolute atomic E-state index is 0.0321. The molecule has 5 nitrogen and oxygen atoms in total. The van der Waals surface area contributed by atoms with Crippen LogP contribution >= 0.6 is 11.6 Å². The second-order valence-electron chi connectivity index (χ2n) is 4.88. The Balaban J connectivity index is 2.90. The van der Waals surface area contributed by atoms with Crippen LogP contribution in [0.5, 0.6) is 5.75 Å². The van der Waals surface area contributed by atoms with E-state index in [1.165, 1.54) is 19.2 Å². The largest absolute Gasteiger partial charge is 0.507 e. The Bertz CT molecular complexity index is 613. The molecular weight excluding hydrogens is 302 g/mol. The third kappa shape index (κ3) is 5.11. The Kier molecular flexibility index (Phi) is 5.56. The van der Waals surface area contributed by atoms with Crippen LogP contribution in [0.4, 0.5) is 0 Å². The Morgan fingerprint density at radius 1 is 1.40 bits per heavy atom. The highest BCUT2D eigenvalue weighted by Crippen LogP contribution is 2.28. The van der Waals surface area contributed by atoms with E-state index in [1.807, 2.05) is 0 Å². The van der Waals surface area contributed by atoms with Gasteiger partial charge in [-0.05, 0) is 26.1 Å². The van der Waals surface area contributed by atoms with E-state index in [-0.39, 0.29) is 22.8 Å². The van der Waals surface area contributed by atoms with Gasteiger partial charge in [-0.1, -0.05) is 11.6 Å². The number of ketones is 1. The quantitative estimate of drug-likeness (QED) is 0.808. The lowest BCUT2D eigenvalue weighted by atomic mass is 10.1. The van der Waals surface area contributed by atoms with Gasteiger partial charge in [0.1, 0.15) is 15.6 Å². The van der Waals surface area contributed by atoms with Gasteiger partial charge in [0.2, 0.25) is 0 Å². The number of hydrogen-bond acceptors (Lipinski definition) is 5. The summed E-state index contributed by atoms with van der Waals surface area (Å²) >= 11 is 5.92. The number of carbonyl (C=O) groups is 1. The molecule has 0 saturated heterocycles. The molecule has 0 heterocycles. The predicted molar refractivity (Wildman–Crippen MR) is 79.2 cm³/mol. The zero-order valence-corrected chi connectivity index (χ0v) is 13.3. The molecule has 0 aromatic heterocycles. The van der Waals surface area contributed by atoms with E-state index in [4.69, 9.17) is 11.6 Å². The van der Waals surface area contributed by atoms with Gasteiger partial charge < -0.3 is 10.0 Å². The van der Waals surface area contributed by atoms with Crippen molar-refractivity contribution >= 4 is 27.2 Å². The number of carbonyl (C=O) groups excluding carboxylic acids is 1.